The number of benzene rings is 2. The predicted molar refractivity (Wildman–Crippen MR) is 121 cm³/mol. The smallest absolute Gasteiger partial charge is 0.329 e. The Morgan fingerprint density at radius 3 is 2.30 bits per heavy atom. The van der Waals surface area contributed by atoms with Crippen molar-refractivity contribution in [2.45, 2.75) is 45.6 Å². The lowest BCUT2D eigenvalue weighted by Crippen LogP contribution is -2.40. The highest BCUT2D eigenvalue weighted by atomic mass is 16.2. The molecule has 4 rings (SSSR count). The summed E-state index contributed by atoms with van der Waals surface area (Å²) >= 11 is 0. The van der Waals surface area contributed by atoms with Crippen LogP contribution in [-0.2, 0) is 31.8 Å². The van der Waals surface area contributed by atoms with E-state index in [4.69, 9.17) is 0 Å². The Balaban J connectivity index is 1.72. The van der Waals surface area contributed by atoms with Crippen molar-refractivity contribution < 1.29 is 0 Å². The summed E-state index contributed by atoms with van der Waals surface area (Å²) in [6.07, 6.45) is 1.38. The van der Waals surface area contributed by atoms with Gasteiger partial charge in [0.2, 0.25) is 0 Å². The number of hydrogen-bond acceptors (Lipinski definition) is 3. The number of rotatable bonds is 3. The molecule has 1 aliphatic rings. The van der Waals surface area contributed by atoms with Gasteiger partial charge in [-0.1, -0.05) is 69.3 Å². The summed E-state index contributed by atoms with van der Waals surface area (Å²) in [5.74, 6) is 0.650. The number of nitrogens with zero attached hydrogens (tertiary/aromatic N) is 2. The minimum atomic E-state index is -0.374. The van der Waals surface area contributed by atoms with Crippen LogP contribution < -0.4 is 16.1 Å². The van der Waals surface area contributed by atoms with E-state index in [-0.39, 0.29) is 16.7 Å². The van der Waals surface area contributed by atoms with Gasteiger partial charge in [0, 0.05) is 26.6 Å². The van der Waals surface area contributed by atoms with Crippen molar-refractivity contribution in [1.82, 2.24) is 9.55 Å². The van der Waals surface area contributed by atoms with Crippen molar-refractivity contribution in [3.05, 3.63) is 97.2 Å². The molecule has 1 aliphatic heterocycles. The third-order valence-corrected chi connectivity index (χ3v) is 6.03. The Morgan fingerprint density at radius 2 is 1.63 bits per heavy atom. The Bertz CT molecular complexity index is 1180. The largest absolute Gasteiger partial charge is 0.353 e. The van der Waals surface area contributed by atoms with E-state index in [1.807, 2.05) is 6.07 Å². The molecule has 5 heteroatoms. The summed E-state index contributed by atoms with van der Waals surface area (Å²) in [6, 6.07) is 16.8. The Hall–Kier alpha value is -3.08. The number of anilines is 1. The molecule has 0 atom stereocenters. The number of H-pyrrole nitrogens is 1. The van der Waals surface area contributed by atoms with Crippen LogP contribution in [0.1, 0.15) is 48.6 Å². The van der Waals surface area contributed by atoms with Crippen LogP contribution in [0.4, 0.5) is 5.82 Å². The summed E-state index contributed by atoms with van der Waals surface area (Å²) in [4.78, 5) is 30.5. The average Bonchev–Trinajstić information content (AvgIpc) is 2.73. The summed E-state index contributed by atoms with van der Waals surface area (Å²) in [5, 5.41) is 0. The first kappa shape index (κ1) is 20.2. The molecular weight excluding hydrogens is 374 g/mol. The van der Waals surface area contributed by atoms with Gasteiger partial charge in [-0.2, -0.15) is 0 Å². The van der Waals surface area contributed by atoms with Gasteiger partial charge in [0.25, 0.3) is 5.56 Å². The van der Waals surface area contributed by atoms with Crippen LogP contribution in [0.2, 0.25) is 0 Å². The second-order valence-electron chi connectivity index (χ2n) is 9.19. The van der Waals surface area contributed by atoms with Crippen LogP contribution >= 0.6 is 0 Å². The molecule has 1 aromatic heterocycles. The van der Waals surface area contributed by atoms with E-state index in [9.17, 15) is 9.59 Å². The zero-order valence-corrected chi connectivity index (χ0v) is 18.2. The van der Waals surface area contributed by atoms with Crippen molar-refractivity contribution in [2.75, 3.05) is 11.4 Å². The molecule has 0 unspecified atom stereocenters. The third-order valence-electron chi connectivity index (χ3n) is 6.03. The molecule has 2 aromatic carbocycles. The van der Waals surface area contributed by atoms with Crippen molar-refractivity contribution >= 4 is 5.82 Å². The molecule has 0 saturated carbocycles. The molecule has 30 heavy (non-hydrogen) atoms. The van der Waals surface area contributed by atoms with Gasteiger partial charge in [0.1, 0.15) is 5.82 Å². The van der Waals surface area contributed by atoms with Gasteiger partial charge in [0.15, 0.2) is 0 Å². The second kappa shape index (κ2) is 7.63. The van der Waals surface area contributed by atoms with Gasteiger partial charge < -0.3 is 4.90 Å². The van der Waals surface area contributed by atoms with E-state index in [1.54, 1.807) is 0 Å². The topological polar surface area (TPSA) is 58.1 Å². The normalized spacial score (nSPS) is 13.9. The monoisotopic (exact) mass is 403 g/mol. The summed E-state index contributed by atoms with van der Waals surface area (Å²) in [5.41, 5.74) is 5.01. The SMILES string of the molecule is Cn1c(=O)[nH]c(N2CCc3ccccc3C2)c(Cc2ccc(C(C)(C)C)cc2)c1=O. The fourth-order valence-electron chi connectivity index (χ4n) is 4.10. The quantitative estimate of drug-likeness (QED) is 0.728. The highest BCUT2D eigenvalue weighted by Gasteiger charge is 2.22. The molecule has 0 aliphatic carbocycles. The third kappa shape index (κ3) is 3.84. The predicted octanol–water partition coefficient (Wildman–Crippen LogP) is 3.52. The maximum absolute atomic E-state index is 13.0. The van der Waals surface area contributed by atoms with Gasteiger partial charge in [-0.15, -0.1) is 0 Å². The Morgan fingerprint density at radius 1 is 0.967 bits per heavy atom. The van der Waals surface area contributed by atoms with Gasteiger partial charge in [-0.05, 0) is 34.1 Å². The highest BCUT2D eigenvalue weighted by molar-refractivity contribution is 5.51. The number of aromatic amines is 1. The zero-order chi connectivity index (χ0) is 21.5. The van der Waals surface area contributed by atoms with Crippen LogP contribution in [0.25, 0.3) is 0 Å². The standard InChI is InChI=1S/C25H29N3O2/c1-25(2,3)20-11-9-17(10-12-20)15-21-22(26-24(30)27(4)23(21)29)28-14-13-18-7-5-6-8-19(18)16-28/h5-12H,13-16H2,1-4H3,(H,26,30). The molecule has 2 heterocycles. The highest BCUT2D eigenvalue weighted by Crippen LogP contribution is 2.26. The molecule has 0 saturated heterocycles. The van der Waals surface area contributed by atoms with E-state index < -0.39 is 0 Å². The summed E-state index contributed by atoms with van der Waals surface area (Å²) < 4.78 is 1.17. The molecule has 1 N–H and O–H groups in total. The minimum Gasteiger partial charge on any atom is -0.353 e. The van der Waals surface area contributed by atoms with Gasteiger partial charge in [-0.25, -0.2) is 4.79 Å². The van der Waals surface area contributed by atoms with E-state index in [0.29, 0.717) is 24.3 Å². The molecule has 0 bridgehead atoms. The lowest BCUT2D eigenvalue weighted by molar-refractivity contribution is 0.590. The van der Waals surface area contributed by atoms with Gasteiger partial charge in [-0.3, -0.25) is 14.3 Å². The van der Waals surface area contributed by atoms with Crippen LogP contribution in [0.3, 0.4) is 0 Å². The van der Waals surface area contributed by atoms with Crippen LogP contribution in [-0.4, -0.2) is 16.1 Å². The molecule has 0 spiro atoms. The minimum absolute atomic E-state index is 0.0823. The fourth-order valence-corrected chi connectivity index (χ4v) is 4.10. The molecular formula is C25H29N3O2. The number of nitrogens with one attached hydrogen (secondary N) is 1. The summed E-state index contributed by atoms with van der Waals surface area (Å²) in [7, 11) is 1.53. The first-order valence-electron chi connectivity index (χ1n) is 10.5. The van der Waals surface area contributed by atoms with E-state index in [0.717, 1.165) is 18.5 Å². The van der Waals surface area contributed by atoms with Crippen LogP contribution in [0.15, 0.2) is 58.1 Å². The van der Waals surface area contributed by atoms with Crippen molar-refractivity contribution in [3.63, 3.8) is 0 Å². The van der Waals surface area contributed by atoms with E-state index in [2.05, 4.69) is 73.1 Å². The lowest BCUT2D eigenvalue weighted by Gasteiger charge is -2.31. The molecule has 3 aromatic rings. The molecule has 0 fully saturated rings. The average molecular weight is 404 g/mol. The van der Waals surface area contributed by atoms with Crippen LogP contribution in [0, 0.1) is 0 Å². The first-order chi connectivity index (χ1) is 14.2. The first-order valence-corrected chi connectivity index (χ1v) is 10.5. The van der Waals surface area contributed by atoms with Gasteiger partial charge >= 0.3 is 5.69 Å². The molecule has 5 nitrogen and oxygen atoms in total. The molecule has 156 valence electrons. The molecule has 0 radical (unpaired) electrons. The van der Waals surface area contributed by atoms with E-state index >= 15 is 0 Å². The number of aromatic nitrogens is 2. The van der Waals surface area contributed by atoms with Crippen molar-refractivity contribution in [3.8, 4) is 0 Å². The molecule has 0 amide bonds. The lowest BCUT2D eigenvalue weighted by atomic mass is 9.86. The van der Waals surface area contributed by atoms with Crippen LogP contribution in [0.5, 0.6) is 0 Å². The number of fused-ring (bicyclic) bond motifs is 1. The second-order valence-corrected chi connectivity index (χ2v) is 9.19. The zero-order valence-electron chi connectivity index (χ0n) is 18.2. The van der Waals surface area contributed by atoms with E-state index in [1.165, 1.54) is 28.3 Å². The Labute approximate surface area is 177 Å². The fraction of sp³-hybridized carbons (Fsp3) is 0.360. The van der Waals surface area contributed by atoms with Crippen molar-refractivity contribution in [2.24, 2.45) is 7.05 Å². The maximum Gasteiger partial charge on any atom is 0.329 e. The summed E-state index contributed by atoms with van der Waals surface area (Å²) in [6.45, 7) is 8.02. The number of hydrogen-bond donors (Lipinski definition) is 1. The Kier molecular flexibility index (Phi) is 5.14. The maximum atomic E-state index is 13.0. The van der Waals surface area contributed by atoms with Crippen molar-refractivity contribution in [1.29, 1.82) is 0 Å². The van der Waals surface area contributed by atoms with Gasteiger partial charge in [0.05, 0.1) is 5.56 Å².